The molecule has 4 heteroatoms. The fourth-order valence-electron chi connectivity index (χ4n) is 0.928. The molecule has 13 heavy (non-hydrogen) atoms. The summed E-state index contributed by atoms with van der Waals surface area (Å²) in [7, 11) is -2.82. The van der Waals surface area contributed by atoms with E-state index in [0.29, 0.717) is 5.92 Å². The maximum Gasteiger partial charge on any atom is 0.147 e. The van der Waals surface area contributed by atoms with E-state index in [1.165, 1.54) is 6.26 Å². The van der Waals surface area contributed by atoms with Gasteiger partial charge in [0.2, 0.25) is 0 Å². The Hall–Kier alpha value is 0.430. The Morgan fingerprint density at radius 2 is 1.85 bits per heavy atom. The molecule has 0 amide bonds. The fraction of sp³-hybridized carbons (Fsp3) is 1.00. The summed E-state index contributed by atoms with van der Waals surface area (Å²) in [6.45, 7) is 6.38. The van der Waals surface area contributed by atoms with Crippen molar-refractivity contribution in [3.05, 3.63) is 0 Å². The molecule has 0 fully saturated rings. The minimum Gasteiger partial charge on any atom is -0.229 e. The molecule has 0 saturated heterocycles. The minimum absolute atomic E-state index is 0.0864. The Balaban J connectivity index is 4.30. The van der Waals surface area contributed by atoms with Gasteiger partial charge in [0.25, 0.3) is 0 Å². The molecule has 0 heterocycles. The van der Waals surface area contributed by atoms with Crippen LogP contribution in [0.3, 0.4) is 0 Å². The van der Waals surface area contributed by atoms with Crippen molar-refractivity contribution in [1.82, 2.24) is 0 Å². The molecular weight excluding hydrogens is 252 g/mol. The zero-order chi connectivity index (χ0) is 10.7. The molecule has 1 unspecified atom stereocenters. The van der Waals surface area contributed by atoms with Crippen LogP contribution in [0.15, 0.2) is 0 Å². The summed E-state index contributed by atoms with van der Waals surface area (Å²) >= 11 is 3.45. The van der Waals surface area contributed by atoms with E-state index < -0.39 is 9.84 Å². The lowest BCUT2D eigenvalue weighted by molar-refractivity contribution is 0.250. The van der Waals surface area contributed by atoms with Gasteiger partial charge in [-0.25, -0.2) is 8.42 Å². The number of alkyl halides is 1. The summed E-state index contributed by atoms with van der Waals surface area (Å²) in [6, 6.07) is 0. The van der Waals surface area contributed by atoms with E-state index in [9.17, 15) is 8.42 Å². The summed E-state index contributed by atoms with van der Waals surface area (Å²) in [5, 5.41) is 0.854. The Morgan fingerprint density at radius 3 is 2.08 bits per heavy atom. The average Bonchev–Trinajstić information content (AvgIpc) is 1.98. The summed E-state index contributed by atoms with van der Waals surface area (Å²) in [5.74, 6) is 0.779. The molecule has 0 N–H and O–H groups in total. The highest BCUT2D eigenvalue weighted by atomic mass is 79.9. The van der Waals surface area contributed by atoms with Crippen molar-refractivity contribution < 1.29 is 8.42 Å². The van der Waals surface area contributed by atoms with Gasteiger partial charge in [-0.1, -0.05) is 36.7 Å². The van der Waals surface area contributed by atoms with E-state index in [0.717, 1.165) is 11.8 Å². The van der Waals surface area contributed by atoms with Crippen molar-refractivity contribution in [2.45, 2.75) is 27.2 Å². The summed E-state index contributed by atoms with van der Waals surface area (Å²) in [5.41, 5.74) is 0.0864. The van der Waals surface area contributed by atoms with Crippen molar-refractivity contribution in [2.75, 3.05) is 17.3 Å². The lowest BCUT2D eigenvalue weighted by Crippen LogP contribution is -2.28. The Morgan fingerprint density at radius 1 is 1.38 bits per heavy atom. The molecular formula is C9H19BrO2S. The van der Waals surface area contributed by atoms with Crippen LogP contribution in [0, 0.1) is 11.3 Å². The van der Waals surface area contributed by atoms with Crippen LogP contribution in [0.2, 0.25) is 0 Å². The molecule has 0 aliphatic heterocycles. The first-order valence-electron chi connectivity index (χ1n) is 4.45. The highest BCUT2D eigenvalue weighted by Gasteiger charge is 2.27. The van der Waals surface area contributed by atoms with Crippen LogP contribution < -0.4 is 0 Å². The lowest BCUT2D eigenvalue weighted by Gasteiger charge is -2.31. The standard InChI is InChI=1S/C9H19BrO2S/c1-8(2)9(3,7-10)5-6-13(4,11)12/h8H,5-7H2,1-4H3. The van der Waals surface area contributed by atoms with Gasteiger partial charge in [-0.05, 0) is 17.8 Å². The predicted molar refractivity (Wildman–Crippen MR) is 61.1 cm³/mol. The van der Waals surface area contributed by atoms with Crippen molar-refractivity contribution in [3.8, 4) is 0 Å². The zero-order valence-corrected chi connectivity index (χ0v) is 11.2. The Labute approximate surface area is 90.2 Å². The van der Waals surface area contributed by atoms with Gasteiger partial charge in [-0.2, -0.15) is 0 Å². The smallest absolute Gasteiger partial charge is 0.147 e. The monoisotopic (exact) mass is 270 g/mol. The maximum absolute atomic E-state index is 11.0. The van der Waals surface area contributed by atoms with Gasteiger partial charge in [-0.15, -0.1) is 0 Å². The number of sulfone groups is 1. The zero-order valence-electron chi connectivity index (χ0n) is 8.80. The van der Waals surface area contributed by atoms with Crippen molar-refractivity contribution in [2.24, 2.45) is 11.3 Å². The number of halogens is 1. The van der Waals surface area contributed by atoms with Crippen LogP contribution in [-0.4, -0.2) is 25.8 Å². The summed E-state index contributed by atoms with van der Waals surface area (Å²) in [4.78, 5) is 0. The van der Waals surface area contributed by atoms with E-state index >= 15 is 0 Å². The van der Waals surface area contributed by atoms with Crippen LogP contribution in [0.4, 0.5) is 0 Å². The van der Waals surface area contributed by atoms with E-state index in [4.69, 9.17) is 0 Å². The van der Waals surface area contributed by atoms with Crippen LogP contribution in [0.1, 0.15) is 27.2 Å². The number of hydrogen-bond donors (Lipinski definition) is 0. The first kappa shape index (κ1) is 13.4. The molecule has 0 radical (unpaired) electrons. The highest BCUT2D eigenvalue weighted by molar-refractivity contribution is 9.09. The summed E-state index contributed by atoms with van der Waals surface area (Å²) < 4.78 is 22.0. The van der Waals surface area contributed by atoms with Crippen LogP contribution in [-0.2, 0) is 9.84 Å². The molecule has 0 aromatic carbocycles. The van der Waals surface area contributed by atoms with E-state index in [1.807, 2.05) is 0 Å². The second-order valence-corrected chi connectivity index (χ2v) is 7.14. The lowest BCUT2D eigenvalue weighted by atomic mass is 9.79. The van der Waals surface area contributed by atoms with Gasteiger partial charge in [0.15, 0.2) is 0 Å². The average molecular weight is 271 g/mol. The first-order chi connectivity index (χ1) is 5.71. The Kier molecular flexibility index (Phi) is 4.94. The molecule has 0 bridgehead atoms. The van der Waals surface area contributed by atoms with E-state index in [2.05, 4.69) is 36.7 Å². The molecule has 80 valence electrons. The van der Waals surface area contributed by atoms with E-state index in [1.54, 1.807) is 0 Å². The number of hydrogen-bond acceptors (Lipinski definition) is 2. The van der Waals surface area contributed by atoms with Crippen molar-refractivity contribution >= 4 is 25.8 Å². The molecule has 1 atom stereocenters. The van der Waals surface area contributed by atoms with Crippen LogP contribution in [0.5, 0.6) is 0 Å². The topological polar surface area (TPSA) is 34.1 Å². The molecule has 0 spiro atoms. The highest BCUT2D eigenvalue weighted by Crippen LogP contribution is 2.33. The van der Waals surface area contributed by atoms with Gasteiger partial charge >= 0.3 is 0 Å². The normalized spacial score (nSPS) is 17.4. The first-order valence-corrected chi connectivity index (χ1v) is 7.63. The molecule has 2 nitrogen and oxygen atoms in total. The second-order valence-electron chi connectivity index (χ2n) is 4.32. The van der Waals surface area contributed by atoms with Crippen LogP contribution >= 0.6 is 15.9 Å². The predicted octanol–water partition coefficient (Wildman–Crippen LogP) is 2.48. The largest absolute Gasteiger partial charge is 0.229 e. The maximum atomic E-state index is 11.0. The quantitative estimate of drug-likeness (QED) is 0.720. The second kappa shape index (κ2) is 4.78. The van der Waals surface area contributed by atoms with Gasteiger partial charge in [0.05, 0.1) is 5.75 Å². The SMILES string of the molecule is CC(C)C(C)(CBr)CCS(C)(=O)=O. The third kappa shape index (κ3) is 5.01. The van der Waals surface area contributed by atoms with Gasteiger partial charge in [-0.3, -0.25) is 0 Å². The third-order valence-electron chi connectivity index (χ3n) is 2.74. The van der Waals surface area contributed by atoms with Crippen molar-refractivity contribution in [1.29, 1.82) is 0 Å². The molecule has 0 saturated carbocycles. The van der Waals surface area contributed by atoms with Gasteiger partial charge in [0.1, 0.15) is 9.84 Å². The molecule has 0 aromatic rings. The van der Waals surface area contributed by atoms with Crippen molar-refractivity contribution in [3.63, 3.8) is 0 Å². The molecule has 0 aliphatic carbocycles. The minimum atomic E-state index is -2.82. The fourth-order valence-corrected chi connectivity index (χ4v) is 2.69. The molecule has 0 aliphatic rings. The molecule has 0 aromatic heterocycles. The number of rotatable bonds is 5. The Bertz CT molecular complexity index is 246. The molecule has 0 rings (SSSR count). The van der Waals surface area contributed by atoms with Gasteiger partial charge < -0.3 is 0 Å². The van der Waals surface area contributed by atoms with E-state index in [-0.39, 0.29) is 11.2 Å². The third-order valence-corrected chi connectivity index (χ3v) is 4.97. The van der Waals surface area contributed by atoms with Gasteiger partial charge in [0, 0.05) is 11.6 Å². The summed E-state index contributed by atoms with van der Waals surface area (Å²) in [6.07, 6.45) is 2.02. The van der Waals surface area contributed by atoms with Crippen LogP contribution in [0.25, 0.3) is 0 Å².